The molecule has 0 aromatic carbocycles. The lowest BCUT2D eigenvalue weighted by molar-refractivity contribution is 0.0824. The molecule has 0 radical (unpaired) electrons. The maximum atomic E-state index is 12.2. The molecule has 0 bridgehead atoms. The number of rotatable bonds is 2. The van der Waals surface area contributed by atoms with Crippen LogP contribution in [0, 0.1) is 0 Å². The number of pyridine rings is 1. The highest BCUT2D eigenvalue weighted by Crippen LogP contribution is 2.21. The lowest BCUT2D eigenvalue weighted by Crippen LogP contribution is -2.22. The van der Waals surface area contributed by atoms with Crippen molar-refractivity contribution >= 4 is 11.4 Å². The first-order chi connectivity index (χ1) is 9.58. The summed E-state index contributed by atoms with van der Waals surface area (Å²) in [6, 6.07) is 5.69. The van der Waals surface area contributed by atoms with Crippen molar-refractivity contribution in [2.75, 3.05) is 14.1 Å². The summed E-state index contributed by atoms with van der Waals surface area (Å²) in [7, 11) is 5.34. The Kier molecular flexibility index (Phi) is 2.78. The summed E-state index contributed by atoms with van der Waals surface area (Å²) in [6.07, 6.45) is 5.48. The SMILES string of the molecule is CN(C)C(=O)c1nc(-c2cn(C)cn2)n2ccccc12. The van der Waals surface area contributed by atoms with E-state index in [4.69, 9.17) is 0 Å². The van der Waals surface area contributed by atoms with Crippen molar-refractivity contribution in [1.29, 1.82) is 0 Å². The summed E-state index contributed by atoms with van der Waals surface area (Å²) >= 11 is 0. The molecular weight excluding hydrogens is 254 g/mol. The first-order valence-corrected chi connectivity index (χ1v) is 6.25. The fraction of sp³-hybridized carbons (Fsp3) is 0.214. The van der Waals surface area contributed by atoms with Gasteiger partial charge in [0.25, 0.3) is 5.91 Å². The molecule has 0 saturated carbocycles. The van der Waals surface area contributed by atoms with Crippen LogP contribution in [0.2, 0.25) is 0 Å². The minimum atomic E-state index is -0.115. The highest BCUT2D eigenvalue weighted by Gasteiger charge is 2.20. The summed E-state index contributed by atoms with van der Waals surface area (Å²) < 4.78 is 3.74. The molecule has 0 unspecified atom stereocenters. The Balaban J connectivity index is 2.26. The molecule has 0 spiro atoms. The van der Waals surface area contributed by atoms with E-state index in [0.29, 0.717) is 11.5 Å². The zero-order valence-electron chi connectivity index (χ0n) is 11.6. The third-order valence-corrected chi connectivity index (χ3v) is 3.09. The first-order valence-electron chi connectivity index (χ1n) is 6.25. The second-order valence-electron chi connectivity index (χ2n) is 4.86. The van der Waals surface area contributed by atoms with Gasteiger partial charge in [-0.1, -0.05) is 6.07 Å². The summed E-state index contributed by atoms with van der Waals surface area (Å²) in [5.41, 5.74) is 1.97. The number of aromatic nitrogens is 4. The van der Waals surface area contributed by atoms with Gasteiger partial charge in [-0.2, -0.15) is 0 Å². The van der Waals surface area contributed by atoms with Gasteiger partial charge in [-0.3, -0.25) is 9.20 Å². The number of aryl methyl sites for hydroxylation is 1. The second kappa shape index (κ2) is 4.48. The van der Waals surface area contributed by atoms with Gasteiger partial charge in [0, 0.05) is 33.5 Å². The Hall–Kier alpha value is -2.63. The molecule has 0 aliphatic rings. The molecule has 0 saturated heterocycles. The molecule has 0 fully saturated rings. The molecule has 0 aliphatic heterocycles. The average Bonchev–Trinajstić information content (AvgIpc) is 3.01. The van der Waals surface area contributed by atoms with Crippen LogP contribution in [0.5, 0.6) is 0 Å². The second-order valence-corrected chi connectivity index (χ2v) is 4.86. The molecule has 0 atom stereocenters. The van der Waals surface area contributed by atoms with Crippen LogP contribution in [0.25, 0.3) is 17.0 Å². The maximum Gasteiger partial charge on any atom is 0.274 e. The Morgan fingerprint density at radius 1 is 1.30 bits per heavy atom. The third kappa shape index (κ3) is 1.85. The molecule has 6 heteroatoms. The van der Waals surface area contributed by atoms with Gasteiger partial charge in [-0.15, -0.1) is 0 Å². The van der Waals surface area contributed by atoms with Gasteiger partial charge in [0.1, 0.15) is 5.69 Å². The van der Waals surface area contributed by atoms with E-state index in [1.54, 1.807) is 20.4 Å². The fourth-order valence-electron chi connectivity index (χ4n) is 2.12. The van der Waals surface area contributed by atoms with Crippen LogP contribution < -0.4 is 0 Å². The van der Waals surface area contributed by atoms with Crippen molar-refractivity contribution < 1.29 is 4.79 Å². The molecular formula is C14H15N5O. The molecule has 0 aliphatic carbocycles. The van der Waals surface area contributed by atoms with Gasteiger partial charge in [-0.25, -0.2) is 9.97 Å². The Bertz CT molecular complexity index is 784. The molecule has 1 amide bonds. The van der Waals surface area contributed by atoms with Crippen molar-refractivity contribution in [3.63, 3.8) is 0 Å². The van der Waals surface area contributed by atoms with E-state index in [2.05, 4.69) is 9.97 Å². The molecule has 3 rings (SSSR count). The molecule has 3 aromatic rings. The van der Waals surface area contributed by atoms with Crippen LogP contribution in [-0.2, 0) is 7.05 Å². The molecule has 102 valence electrons. The van der Waals surface area contributed by atoms with Gasteiger partial charge in [0.05, 0.1) is 11.8 Å². The van der Waals surface area contributed by atoms with Gasteiger partial charge in [0.2, 0.25) is 0 Å². The number of amides is 1. The largest absolute Gasteiger partial charge is 0.343 e. The van der Waals surface area contributed by atoms with E-state index in [-0.39, 0.29) is 5.91 Å². The van der Waals surface area contributed by atoms with Crippen LogP contribution in [0.3, 0.4) is 0 Å². The Labute approximate surface area is 116 Å². The van der Waals surface area contributed by atoms with E-state index in [1.807, 2.05) is 46.6 Å². The average molecular weight is 269 g/mol. The van der Waals surface area contributed by atoms with E-state index < -0.39 is 0 Å². The summed E-state index contributed by atoms with van der Waals surface area (Å²) in [4.78, 5) is 22.6. The summed E-state index contributed by atoms with van der Waals surface area (Å²) in [5, 5.41) is 0. The minimum absolute atomic E-state index is 0.115. The molecule has 0 N–H and O–H groups in total. The number of hydrogen-bond acceptors (Lipinski definition) is 3. The fourth-order valence-corrected chi connectivity index (χ4v) is 2.12. The standard InChI is InChI=1S/C14H15N5O/c1-17(2)14(20)12-11-6-4-5-7-19(11)13(16-12)10-8-18(3)9-15-10/h4-9H,1-3H3. The molecule has 3 aromatic heterocycles. The van der Waals surface area contributed by atoms with E-state index in [0.717, 1.165) is 11.2 Å². The van der Waals surface area contributed by atoms with Crippen molar-refractivity contribution in [2.24, 2.45) is 7.05 Å². The molecule has 20 heavy (non-hydrogen) atoms. The van der Waals surface area contributed by atoms with Gasteiger partial charge in [0.15, 0.2) is 11.5 Å². The third-order valence-electron chi connectivity index (χ3n) is 3.09. The zero-order chi connectivity index (χ0) is 14.3. The Morgan fingerprint density at radius 2 is 2.10 bits per heavy atom. The molecule has 3 heterocycles. The number of nitrogens with zero attached hydrogens (tertiary/aromatic N) is 5. The maximum absolute atomic E-state index is 12.2. The minimum Gasteiger partial charge on any atom is -0.343 e. The zero-order valence-corrected chi connectivity index (χ0v) is 11.6. The first kappa shape index (κ1) is 12.4. The summed E-state index contributed by atoms with van der Waals surface area (Å²) in [5.74, 6) is 0.558. The monoisotopic (exact) mass is 269 g/mol. The van der Waals surface area contributed by atoms with Gasteiger partial charge in [-0.05, 0) is 12.1 Å². The number of fused-ring (bicyclic) bond motifs is 1. The van der Waals surface area contributed by atoms with E-state index in [9.17, 15) is 4.79 Å². The van der Waals surface area contributed by atoms with Gasteiger partial charge >= 0.3 is 0 Å². The van der Waals surface area contributed by atoms with Crippen molar-refractivity contribution in [1.82, 2.24) is 23.8 Å². The van der Waals surface area contributed by atoms with Crippen LogP contribution in [-0.4, -0.2) is 43.8 Å². The van der Waals surface area contributed by atoms with Crippen molar-refractivity contribution in [3.05, 3.63) is 42.6 Å². The number of imidazole rings is 2. The highest BCUT2D eigenvalue weighted by molar-refractivity contribution is 5.99. The van der Waals surface area contributed by atoms with Crippen LogP contribution in [0.1, 0.15) is 10.5 Å². The Morgan fingerprint density at radius 3 is 2.75 bits per heavy atom. The van der Waals surface area contributed by atoms with Crippen molar-refractivity contribution in [2.45, 2.75) is 0 Å². The van der Waals surface area contributed by atoms with Gasteiger partial charge < -0.3 is 9.47 Å². The van der Waals surface area contributed by atoms with E-state index in [1.165, 1.54) is 4.90 Å². The number of carbonyl (C=O) groups excluding carboxylic acids is 1. The van der Waals surface area contributed by atoms with Crippen LogP contribution in [0.15, 0.2) is 36.9 Å². The number of hydrogen-bond donors (Lipinski definition) is 0. The lowest BCUT2D eigenvalue weighted by Gasteiger charge is -2.07. The van der Waals surface area contributed by atoms with Crippen molar-refractivity contribution in [3.8, 4) is 11.5 Å². The van der Waals surface area contributed by atoms with Crippen LogP contribution in [0.4, 0.5) is 0 Å². The van der Waals surface area contributed by atoms with Crippen LogP contribution >= 0.6 is 0 Å². The highest BCUT2D eigenvalue weighted by atomic mass is 16.2. The number of carbonyl (C=O) groups is 1. The quantitative estimate of drug-likeness (QED) is 0.707. The van der Waals surface area contributed by atoms with E-state index >= 15 is 0 Å². The summed E-state index contributed by atoms with van der Waals surface area (Å²) in [6.45, 7) is 0. The predicted octanol–water partition coefficient (Wildman–Crippen LogP) is 1.44. The predicted molar refractivity (Wildman–Crippen MR) is 75.4 cm³/mol. The molecule has 6 nitrogen and oxygen atoms in total. The lowest BCUT2D eigenvalue weighted by atomic mass is 10.3. The topological polar surface area (TPSA) is 55.4 Å². The smallest absolute Gasteiger partial charge is 0.274 e. The normalized spacial score (nSPS) is 10.9.